The fraction of sp³-hybridized carbons (Fsp3) is 0.632. The molecule has 24 heavy (non-hydrogen) atoms. The molecule has 0 bridgehead atoms. The lowest BCUT2D eigenvalue weighted by Crippen LogP contribution is -2.40. The van der Waals surface area contributed by atoms with Crippen LogP contribution in [0.25, 0.3) is 0 Å². The van der Waals surface area contributed by atoms with Crippen molar-refractivity contribution in [2.45, 2.75) is 65.6 Å². The number of hydrogen-bond donors (Lipinski definition) is 3. The lowest BCUT2D eigenvalue weighted by atomic mass is 10.1. The van der Waals surface area contributed by atoms with Gasteiger partial charge in [0.05, 0.1) is 0 Å². The van der Waals surface area contributed by atoms with Crippen LogP contribution in [-0.2, 0) is 4.74 Å². The van der Waals surface area contributed by atoms with Gasteiger partial charge < -0.3 is 15.4 Å². The van der Waals surface area contributed by atoms with Gasteiger partial charge in [-0.2, -0.15) is 0 Å². The topological polar surface area (TPSA) is 62.4 Å². The second-order valence-electron chi connectivity index (χ2n) is 8.10. The van der Waals surface area contributed by atoms with Crippen molar-refractivity contribution in [1.29, 1.82) is 0 Å². The molecule has 0 aliphatic heterocycles. The van der Waals surface area contributed by atoms with Gasteiger partial charge in [-0.25, -0.2) is 4.79 Å². The predicted octanol–water partition coefficient (Wildman–Crippen LogP) is 4.07. The first-order valence-electron chi connectivity index (χ1n) is 8.55. The van der Waals surface area contributed by atoms with E-state index in [4.69, 9.17) is 4.74 Å². The van der Waals surface area contributed by atoms with Crippen LogP contribution in [0.15, 0.2) is 24.3 Å². The number of carbonyl (C=O) groups excluding carboxylic acids is 1. The number of amides is 1. The molecule has 0 saturated heterocycles. The van der Waals surface area contributed by atoms with E-state index in [0.29, 0.717) is 0 Å². The first-order chi connectivity index (χ1) is 11.0. The summed E-state index contributed by atoms with van der Waals surface area (Å²) in [5.74, 6) is 0. The summed E-state index contributed by atoms with van der Waals surface area (Å²) >= 11 is 0. The summed E-state index contributed by atoms with van der Waals surface area (Å²) in [6.07, 6.45) is -0.435. The summed E-state index contributed by atoms with van der Waals surface area (Å²) < 4.78 is 5.24. The standard InChI is InChI=1S/C19H33N3O2/c1-14(20-12-13-21-18(2,3)4)15-8-10-16(11-9-15)22-17(23)24-19(5,6)7/h8-11,14,20-21H,12-13H2,1-7H3,(H,22,23). The van der Waals surface area contributed by atoms with E-state index in [1.165, 1.54) is 5.56 Å². The van der Waals surface area contributed by atoms with Crippen LogP contribution in [0.1, 0.15) is 60.1 Å². The Bertz CT molecular complexity index is 513. The third-order valence-electron chi connectivity index (χ3n) is 3.29. The van der Waals surface area contributed by atoms with E-state index in [1.54, 1.807) is 0 Å². The van der Waals surface area contributed by atoms with Gasteiger partial charge in [0.25, 0.3) is 0 Å². The highest BCUT2D eigenvalue weighted by Crippen LogP contribution is 2.17. The summed E-state index contributed by atoms with van der Waals surface area (Å²) in [6.45, 7) is 16.0. The SMILES string of the molecule is CC(NCCNC(C)(C)C)c1ccc(NC(=O)OC(C)(C)C)cc1. The molecule has 0 saturated carbocycles. The normalized spacial score (nSPS) is 13.5. The maximum absolute atomic E-state index is 11.7. The van der Waals surface area contributed by atoms with Gasteiger partial charge in [0.15, 0.2) is 0 Å². The number of nitrogens with one attached hydrogen (secondary N) is 3. The van der Waals surface area contributed by atoms with Gasteiger partial charge in [0.2, 0.25) is 0 Å². The molecule has 1 rings (SSSR count). The molecule has 0 heterocycles. The zero-order valence-corrected chi connectivity index (χ0v) is 16.1. The van der Waals surface area contributed by atoms with Crippen LogP contribution in [0, 0.1) is 0 Å². The Balaban J connectivity index is 2.44. The first-order valence-corrected chi connectivity index (χ1v) is 8.55. The van der Waals surface area contributed by atoms with Crippen LogP contribution in [0.3, 0.4) is 0 Å². The lowest BCUT2D eigenvalue weighted by Gasteiger charge is -2.22. The van der Waals surface area contributed by atoms with Gasteiger partial charge >= 0.3 is 6.09 Å². The predicted molar refractivity (Wildman–Crippen MR) is 100 cm³/mol. The Hall–Kier alpha value is -1.59. The summed E-state index contributed by atoms with van der Waals surface area (Å²) in [5.41, 5.74) is 1.55. The van der Waals surface area contributed by atoms with Crippen LogP contribution in [0.2, 0.25) is 0 Å². The number of benzene rings is 1. The number of carbonyl (C=O) groups is 1. The molecule has 0 fully saturated rings. The summed E-state index contributed by atoms with van der Waals surface area (Å²) in [7, 11) is 0. The van der Waals surface area contributed by atoms with E-state index in [1.807, 2.05) is 45.0 Å². The molecule has 1 atom stereocenters. The van der Waals surface area contributed by atoms with Crippen LogP contribution in [-0.4, -0.2) is 30.3 Å². The zero-order valence-electron chi connectivity index (χ0n) is 16.1. The van der Waals surface area contributed by atoms with Crippen molar-refractivity contribution in [1.82, 2.24) is 10.6 Å². The molecule has 136 valence electrons. The number of anilines is 1. The Morgan fingerprint density at radius 3 is 2.12 bits per heavy atom. The van der Waals surface area contributed by atoms with Crippen molar-refractivity contribution in [3.63, 3.8) is 0 Å². The fourth-order valence-corrected chi connectivity index (χ4v) is 2.12. The molecule has 1 aromatic rings. The maximum Gasteiger partial charge on any atom is 0.412 e. The average molecular weight is 335 g/mol. The van der Waals surface area contributed by atoms with Crippen LogP contribution >= 0.6 is 0 Å². The molecule has 0 radical (unpaired) electrons. The quantitative estimate of drug-likeness (QED) is 0.686. The summed E-state index contributed by atoms with van der Waals surface area (Å²) in [5, 5.41) is 9.68. The van der Waals surface area contributed by atoms with E-state index >= 15 is 0 Å². The molecule has 0 aliphatic rings. The molecule has 0 spiro atoms. The van der Waals surface area contributed by atoms with Crippen molar-refractivity contribution in [3.8, 4) is 0 Å². The largest absolute Gasteiger partial charge is 0.444 e. The van der Waals surface area contributed by atoms with E-state index in [0.717, 1.165) is 18.8 Å². The van der Waals surface area contributed by atoms with Gasteiger partial charge in [-0.15, -0.1) is 0 Å². The second-order valence-corrected chi connectivity index (χ2v) is 8.10. The van der Waals surface area contributed by atoms with Gasteiger partial charge in [-0.1, -0.05) is 12.1 Å². The molecule has 1 aromatic carbocycles. The minimum absolute atomic E-state index is 0.139. The molecule has 1 unspecified atom stereocenters. The van der Waals surface area contributed by atoms with Crippen molar-refractivity contribution in [2.24, 2.45) is 0 Å². The molecule has 0 aliphatic carbocycles. The van der Waals surface area contributed by atoms with Gasteiger partial charge in [-0.3, -0.25) is 5.32 Å². The number of rotatable bonds is 6. The third kappa shape index (κ3) is 8.89. The minimum atomic E-state index is -0.496. The molecule has 5 nitrogen and oxygen atoms in total. The third-order valence-corrected chi connectivity index (χ3v) is 3.29. The lowest BCUT2D eigenvalue weighted by molar-refractivity contribution is 0.0636. The van der Waals surface area contributed by atoms with Crippen molar-refractivity contribution < 1.29 is 9.53 Å². The molecule has 5 heteroatoms. The Morgan fingerprint density at radius 1 is 1.04 bits per heavy atom. The highest BCUT2D eigenvalue weighted by Gasteiger charge is 2.16. The summed E-state index contributed by atoms with van der Waals surface area (Å²) in [4.78, 5) is 11.7. The van der Waals surface area contributed by atoms with E-state index in [9.17, 15) is 4.79 Å². The van der Waals surface area contributed by atoms with Gasteiger partial charge in [-0.05, 0) is 66.2 Å². The average Bonchev–Trinajstić information content (AvgIpc) is 2.41. The van der Waals surface area contributed by atoms with E-state index in [2.05, 4.69) is 43.6 Å². The van der Waals surface area contributed by atoms with E-state index in [-0.39, 0.29) is 11.6 Å². The smallest absolute Gasteiger partial charge is 0.412 e. The van der Waals surface area contributed by atoms with Crippen molar-refractivity contribution in [3.05, 3.63) is 29.8 Å². The van der Waals surface area contributed by atoms with Crippen LogP contribution in [0.5, 0.6) is 0 Å². The first kappa shape index (κ1) is 20.5. The maximum atomic E-state index is 11.7. The highest BCUT2D eigenvalue weighted by atomic mass is 16.6. The van der Waals surface area contributed by atoms with E-state index < -0.39 is 11.7 Å². The Kier molecular flexibility index (Phi) is 7.24. The molecule has 0 aromatic heterocycles. The van der Waals surface area contributed by atoms with Gasteiger partial charge in [0.1, 0.15) is 5.60 Å². The van der Waals surface area contributed by atoms with Crippen molar-refractivity contribution in [2.75, 3.05) is 18.4 Å². The molecular weight excluding hydrogens is 302 g/mol. The number of hydrogen-bond acceptors (Lipinski definition) is 4. The van der Waals surface area contributed by atoms with Crippen LogP contribution < -0.4 is 16.0 Å². The second kappa shape index (κ2) is 8.49. The van der Waals surface area contributed by atoms with Crippen molar-refractivity contribution >= 4 is 11.8 Å². The van der Waals surface area contributed by atoms with Crippen LogP contribution in [0.4, 0.5) is 10.5 Å². The minimum Gasteiger partial charge on any atom is -0.444 e. The Morgan fingerprint density at radius 2 is 1.62 bits per heavy atom. The fourth-order valence-electron chi connectivity index (χ4n) is 2.12. The molecular formula is C19H33N3O2. The highest BCUT2D eigenvalue weighted by molar-refractivity contribution is 5.84. The monoisotopic (exact) mass is 335 g/mol. The summed E-state index contributed by atoms with van der Waals surface area (Å²) in [6, 6.07) is 8.07. The Labute approximate surface area is 146 Å². The zero-order chi connectivity index (χ0) is 18.4. The molecule has 1 amide bonds. The number of ether oxygens (including phenoxy) is 1. The molecule has 3 N–H and O–H groups in total. The van der Waals surface area contributed by atoms with Gasteiger partial charge in [0, 0.05) is 30.4 Å².